The molecule has 5 N–H and O–H groups in total. The fraction of sp³-hybridized carbons (Fsp3) is 0.167. The lowest BCUT2D eigenvalue weighted by molar-refractivity contribution is -0.136. The van der Waals surface area contributed by atoms with Crippen LogP contribution < -0.4 is 11.5 Å². The van der Waals surface area contributed by atoms with Crippen LogP contribution in [0.15, 0.2) is 28.1 Å². The fourth-order valence-corrected chi connectivity index (χ4v) is 3.00. The van der Waals surface area contributed by atoms with Gasteiger partial charge in [-0.2, -0.15) is 26.6 Å². The number of guanidine groups is 1. The Balaban J connectivity index is 2.96. The van der Waals surface area contributed by atoms with E-state index in [4.69, 9.17) is 11.5 Å². The Labute approximate surface area is 133 Å². The largest absolute Gasteiger partial charge is 0.417 e. The smallest absolute Gasteiger partial charge is 0.370 e. The molecule has 24 heavy (non-hydrogen) atoms. The maximum atomic E-state index is 13.1. The van der Waals surface area contributed by atoms with Gasteiger partial charge in [-0.3, -0.25) is 9.35 Å². The summed E-state index contributed by atoms with van der Waals surface area (Å²) in [7, 11) is -3.69. The second kappa shape index (κ2) is 5.49. The van der Waals surface area contributed by atoms with Crippen molar-refractivity contribution in [2.45, 2.75) is 11.1 Å². The van der Waals surface area contributed by atoms with E-state index in [1.807, 2.05) is 0 Å². The van der Waals surface area contributed by atoms with E-state index in [9.17, 15) is 30.9 Å². The molecule has 1 aromatic carbocycles. The Kier molecular flexibility index (Phi) is 4.06. The van der Waals surface area contributed by atoms with Crippen LogP contribution in [0.3, 0.4) is 0 Å². The number of aromatic nitrogens is 1. The number of rotatable bonds is 2. The normalized spacial score (nSPS) is 12.4. The third kappa shape index (κ3) is 3.05. The number of carbonyl (C=O) groups is 1. The van der Waals surface area contributed by atoms with Gasteiger partial charge < -0.3 is 16.0 Å². The van der Waals surface area contributed by atoms with Crippen molar-refractivity contribution in [2.75, 3.05) is 0 Å². The molecule has 1 amide bonds. The summed E-state index contributed by atoms with van der Waals surface area (Å²) in [6, 6.07) is 1.91. The van der Waals surface area contributed by atoms with Crippen molar-refractivity contribution in [3.8, 4) is 0 Å². The minimum Gasteiger partial charge on any atom is -0.370 e. The highest BCUT2D eigenvalue weighted by Gasteiger charge is 2.35. The number of alkyl halides is 3. The molecular weight excluding hydrogens is 353 g/mol. The summed E-state index contributed by atoms with van der Waals surface area (Å²) in [4.78, 5) is 14.3. The molecule has 0 aliphatic rings. The van der Waals surface area contributed by atoms with E-state index in [0.29, 0.717) is 12.1 Å². The highest BCUT2D eigenvalue weighted by molar-refractivity contribution is 7.86. The van der Waals surface area contributed by atoms with Crippen molar-refractivity contribution in [3.63, 3.8) is 0 Å². The summed E-state index contributed by atoms with van der Waals surface area (Å²) in [6.07, 6.45) is -4.81. The van der Waals surface area contributed by atoms with Gasteiger partial charge in [0, 0.05) is 12.4 Å². The average Bonchev–Trinajstić information content (AvgIpc) is 2.73. The Bertz CT molecular complexity index is 972. The van der Waals surface area contributed by atoms with Crippen LogP contribution in [0, 0.1) is 0 Å². The van der Waals surface area contributed by atoms with Gasteiger partial charge in [0.25, 0.3) is 16.0 Å². The second-order valence-electron chi connectivity index (χ2n) is 4.78. The van der Waals surface area contributed by atoms with Gasteiger partial charge >= 0.3 is 6.18 Å². The SMILES string of the molecule is Cn1c(C(=O)N=C(N)N)cc2c(C(F)(F)F)ccc(S(=O)(=O)O)c21. The summed E-state index contributed by atoms with van der Waals surface area (Å²) in [5.74, 6) is -1.68. The zero-order valence-electron chi connectivity index (χ0n) is 12.0. The number of carbonyl (C=O) groups excluding carboxylic acids is 1. The van der Waals surface area contributed by atoms with Crippen molar-refractivity contribution < 1.29 is 30.9 Å². The number of aryl methyl sites for hydroxylation is 1. The van der Waals surface area contributed by atoms with Crippen molar-refractivity contribution in [1.82, 2.24) is 4.57 Å². The van der Waals surface area contributed by atoms with E-state index >= 15 is 0 Å². The van der Waals surface area contributed by atoms with E-state index in [0.717, 1.165) is 17.7 Å². The molecule has 0 aliphatic carbocycles. The Morgan fingerprint density at radius 1 is 1.29 bits per heavy atom. The highest BCUT2D eigenvalue weighted by Crippen LogP contribution is 2.38. The van der Waals surface area contributed by atoms with Gasteiger partial charge in [0.2, 0.25) is 0 Å². The first-order chi connectivity index (χ1) is 10.8. The first-order valence-electron chi connectivity index (χ1n) is 6.15. The zero-order valence-corrected chi connectivity index (χ0v) is 12.8. The Morgan fingerprint density at radius 2 is 1.88 bits per heavy atom. The number of amides is 1. The van der Waals surface area contributed by atoms with Gasteiger partial charge in [0.05, 0.1) is 11.1 Å². The van der Waals surface area contributed by atoms with Crippen LogP contribution in [-0.4, -0.2) is 29.4 Å². The number of hydrogen-bond donors (Lipinski definition) is 3. The molecule has 0 unspecified atom stereocenters. The lowest BCUT2D eigenvalue weighted by Gasteiger charge is -2.11. The molecule has 0 saturated carbocycles. The lowest BCUT2D eigenvalue weighted by atomic mass is 10.1. The van der Waals surface area contributed by atoms with Crippen molar-refractivity contribution in [1.29, 1.82) is 0 Å². The third-order valence-corrected chi connectivity index (χ3v) is 4.08. The van der Waals surface area contributed by atoms with Crippen LogP contribution >= 0.6 is 0 Å². The van der Waals surface area contributed by atoms with Gasteiger partial charge in [-0.15, -0.1) is 0 Å². The molecule has 0 aliphatic heterocycles. The maximum Gasteiger partial charge on any atom is 0.417 e. The molecule has 0 saturated heterocycles. The molecule has 0 radical (unpaired) electrons. The Morgan fingerprint density at radius 3 is 2.33 bits per heavy atom. The molecule has 0 spiro atoms. The number of nitrogens with zero attached hydrogens (tertiary/aromatic N) is 2. The first-order valence-corrected chi connectivity index (χ1v) is 7.59. The van der Waals surface area contributed by atoms with Gasteiger partial charge in [-0.1, -0.05) is 0 Å². The zero-order chi connectivity index (χ0) is 18.4. The number of halogens is 3. The number of hydrogen-bond acceptors (Lipinski definition) is 3. The number of fused-ring (bicyclic) bond motifs is 1. The topological polar surface area (TPSA) is 141 Å². The molecule has 130 valence electrons. The van der Waals surface area contributed by atoms with E-state index in [1.54, 1.807) is 0 Å². The minimum absolute atomic E-state index is 0.389. The third-order valence-electron chi connectivity index (χ3n) is 3.19. The molecule has 12 heteroatoms. The summed E-state index contributed by atoms with van der Waals surface area (Å²) in [6.45, 7) is 0. The summed E-state index contributed by atoms with van der Waals surface area (Å²) < 4.78 is 72.3. The monoisotopic (exact) mass is 364 g/mol. The van der Waals surface area contributed by atoms with E-state index in [-0.39, 0.29) is 5.69 Å². The molecule has 1 heterocycles. The van der Waals surface area contributed by atoms with Crippen LogP contribution in [0.25, 0.3) is 10.9 Å². The molecular formula is C12H11F3N4O4S. The average molecular weight is 364 g/mol. The van der Waals surface area contributed by atoms with Crippen LogP contribution in [-0.2, 0) is 23.3 Å². The first kappa shape index (κ1) is 17.7. The molecule has 2 rings (SSSR count). The van der Waals surface area contributed by atoms with Crippen molar-refractivity contribution in [2.24, 2.45) is 23.5 Å². The number of benzene rings is 1. The molecule has 0 bridgehead atoms. The summed E-state index contributed by atoms with van der Waals surface area (Å²) in [5.41, 5.74) is 8.05. The standard InChI is InChI=1S/C12H11F3N4O4S/c1-19-7(10(20)18-11(16)17)4-5-6(12(13,14)15)2-3-8(9(5)19)24(21,22)23/h2-4H,1H3,(H,21,22,23)(H4,16,17,18,20). The summed E-state index contributed by atoms with van der Waals surface area (Å²) >= 11 is 0. The van der Waals surface area contributed by atoms with E-state index < -0.39 is 49.5 Å². The molecule has 0 fully saturated rings. The lowest BCUT2D eigenvalue weighted by Crippen LogP contribution is -2.24. The quantitative estimate of drug-likeness (QED) is 0.410. The Hall–Kier alpha value is -2.60. The van der Waals surface area contributed by atoms with Crippen LogP contribution in [0.1, 0.15) is 16.1 Å². The van der Waals surface area contributed by atoms with Gasteiger partial charge in [-0.05, 0) is 18.2 Å². The van der Waals surface area contributed by atoms with Crippen LogP contribution in [0.2, 0.25) is 0 Å². The van der Waals surface area contributed by atoms with Gasteiger partial charge in [0.1, 0.15) is 10.6 Å². The predicted octanol–water partition coefficient (Wildman–Crippen LogP) is 0.857. The van der Waals surface area contributed by atoms with Crippen molar-refractivity contribution in [3.05, 3.63) is 29.5 Å². The number of aliphatic imine (C=N–C) groups is 1. The molecule has 1 aromatic heterocycles. The summed E-state index contributed by atoms with van der Waals surface area (Å²) in [5, 5.41) is -0.589. The molecule has 0 atom stereocenters. The van der Waals surface area contributed by atoms with E-state index in [1.165, 1.54) is 0 Å². The number of nitrogens with two attached hydrogens (primary N) is 2. The maximum absolute atomic E-state index is 13.1. The fourth-order valence-electron chi connectivity index (χ4n) is 2.27. The molecule has 8 nitrogen and oxygen atoms in total. The minimum atomic E-state index is -4.83. The van der Waals surface area contributed by atoms with Gasteiger partial charge in [0.15, 0.2) is 5.96 Å². The highest BCUT2D eigenvalue weighted by atomic mass is 32.2. The van der Waals surface area contributed by atoms with Crippen LogP contribution in [0.4, 0.5) is 13.2 Å². The van der Waals surface area contributed by atoms with Gasteiger partial charge in [-0.25, -0.2) is 0 Å². The molecule has 2 aromatic rings. The van der Waals surface area contributed by atoms with Crippen molar-refractivity contribution >= 4 is 32.9 Å². The van der Waals surface area contributed by atoms with E-state index in [2.05, 4.69) is 4.99 Å². The van der Waals surface area contributed by atoms with Crippen LogP contribution in [0.5, 0.6) is 0 Å². The predicted molar refractivity (Wildman–Crippen MR) is 77.9 cm³/mol. The second-order valence-corrected chi connectivity index (χ2v) is 6.17.